The van der Waals surface area contributed by atoms with Crippen molar-refractivity contribution < 1.29 is 22.8 Å². The number of nitriles is 2. The minimum absolute atomic E-state index is 0.378. The highest BCUT2D eigenvalue weighted by atomic mass is 32.1. The van der Waals surface area contributed by atoms with Crippen LogP contribution in [0.1, 0.15) is 4.88 Å². The van der Waals surface area contributed by atoms with Crippen molar-refractivity contribution in [3.8, 4) is 12.1 Å². The summed E-state index contributed by atoms with van der Waals surface area (Å²) in [4.78, 5) is 17.8. The van der Waals surface area contributed by atoms with Gasteiger partial charge in [0.2, 0.25) is 0 Å². The Kier molecular flexibility index (Phi) is 4.23. The highest BCUT2D eigenvalue weighted by Gasteiger charge is 2.45. The van der Waals surface area contributed by atoms with Gasteiger partial charge in [0.25, 0.3) is 0 Å². The van der Waals surface area contributed by atoms with Gasteiger partial charge in [0.15, 0.2) is 5.71 Å². The van der Waals surface area contributed by atoms with Crippen molar-refractivity contribution in [3.63, 3.8) is 0 Å². The predicted molar refractivity (Wildman–Crippen MR) is 82.3 cm³/mol. The molecule has 0 aromatic carbocycles. The van der Waals surface area contributed by atoms with Crippen LogP contribution in [0.5, 0.6) is 0 Å². The fourth-order valence-corrected chi connectivity index (χ4v) is 3.56. The standard InChI is InChI=1S/C15H9F3N4O2S/c16-15(17,18)13-11(14(23)24-21-13)3-10-1-2-12(25-10)22-6-8(4-19)9(5-20)7-22/h1-3,8-9H,6-7H2/t8-,9-/m0/s1. The van der Waals surface area contributed by atoms with E-state index in [0.717, 1.165) is 17.4 Å². The van der Waals surface area contributed by atoms with Gasteiger partial charge in [0, 0.05) is 18.0 Å². The van der Waals surface area contributed by atoms with E-state index in [-0.39, 0.29) is 0 Å². The van der Waals surface area contributed by atoms with E-state index in [4.69, 9.17) is 10.5 Å². The van der Waals surface area contributed by atoms with Gasteiger partial charge >= 0.3 is 12.1 Å². The number of oxime groups is 1. The maximum Gasteiger partial charge on any atom is 0.437 e. The third-order valence-electron chi connectivity index (χ3n) is 3.83. The molecule has 3 heterocycles. The van der Waals surface area contributed by atoms with E-state index in [1.54, 1.807) is 12.1 Å². The van der Waals surface area contributed by atoms with Crippen LogP contribution >= 0.6 is 11.3 Å². The first-order valence-corrected chi connectivity index (χ1v) is 7.87. The summed E-state index contributed by atoms with van der Waals surface area (Å²) in [5, 5.41) is 21.6. The zero-order valence-corrected chi connectivity index (χ0v) is 13.3. The molecule has 0 unspecified atom stereocenters. The molecule has 10 heteroatoms. The number of hydrogen-bond donors (Lipinski definition) is 0. The van der Waals surface area contributed by atoms with E-state index in [2.05, 4.69) is 22.1 Å². The molecule has 0 bridgehead atoms. The molecule has 2 aliphatic rings. The second-order valence-electron chi connectivity index (χ2n) is 5.43. The lowest BCUT2D eigenvalue weighted by molar-refractivity contribution is -0.136. The smallest absolute Gasteiger partial charge is 0.361 e. The molecule has 1 saturated heterocycles. The second kappa shape index (κ2) is 6.22. The van der Waals surface area contributed by atoms with Crippen LogP contribution in [0, 0.1) is 34.5 Å². The van der Waals surface area contributed by atoms with Crippen LogP contribution < -0.4 is 4.90 Å². The molecular weight excluding hydrogens is 357 g/mol. The normalized spacial score (nSPS) is 24.8. The SMILES string of the molecule is N#C[C@H]1CN(c2ccc(C=C3C(=O)ON=C3C(F)(F)F)s2)C[C@@H]1C#N. The third kappa shape index (κ3) is 3.21. The summed E-state index contributed by atoms with van der Waals surface area (Å²) in [6.45, 7) is 0.755. The average Bonchev–Trinajstić information content (AvgIpc) is 3.25. The van der Waals surface area contributed by atoms with Gasteiger partial charge in [-0.2, -0.15) is 23.7 Å². The van der Waals surface area contributed by atoms with Crippen molar-refractivity contribution in [2.75, 3.05) is 18.0 Å². The van der Waals surface area contributed by atoms with E-state index in [1.807, 2.05) is 4.90 Å². The van der Waals surface area contributed by atoms with Crippen LogP contribution in [0.15, 0.2) is 22.9 Å². The lowest BCUT2D eigenvalue weighted by Crippen LogP contribution is -2.24. The van der Waals surface area contributed by atoms with Crippen LogP contribution in [0.3, 0.4) is 0 Å². The molecule has 25 heavy (non-hydrogen) atoms. The van der Waals surface area contributed by atoms with Crippen LogP contribution in [-0.2, 0) is 9.63 Å². The maximum absolute atomic E-state index is 12.8. The molecule has 6 nitrogen and oxygen atoms in total. The molecule has 1 aromatic rings. The minimum Gasteiger partial charge on any atom is -0.361 e. The lowest BCUT2D eigenvalue weighted by atomic mass is 10.00. The van der Waals surface area contributed by atoms with E-state index >= 15 is 0 Å². The third-order valence-corrected chi connectivity index (χ3v) is 4.92. The van der Waals surface area contributed by atoms with Crippen LogP contribution in [0.2, 0.25) is 0 Å². The summed E-state index contributed by atoms with van der Waals surface area (Å²) in [6, 6.07) is 7.41. The van der Waals surface area contributed by atoms with Gasteiger partial charge in [-0.15, -0.1) is 11.3 Å². The molecule has 0 aliphatic carbocycles. The molecule has 2 atom stereocenters. The fraction of sp³-hybridized carbons (Fsp3) is 0.333. The largest absolute Gasteiger partial charge is 0.437 e. The highest BCUT2D eigenvalue weighted by molar-refractivity contribution is 7.17. The molecule has 0 amide bonds. The molecular formula is C15H9F3N4O2S. The predicted octanol–water partition coefficient (Wildman–Crippen LogP) is 2.71. The molecule has 3 rings (SSSR count). The molecule has 1 fully saturated rings. The number of rotatable bonds is 2. The fourth-order valence-electron chi connectivity index (χ4n) is 2.59. The van der Waals surface area contributed by atoms with Gasteiger partial charge in [-0.05, 0) is 18.2 Å². The Bertz CT molecular complexity index is 837. The molecule has 2 aliphatic heterocycles. The zero-order valence-electron chi connectivity index (χ0n) is 12.4. The first-order valence-electron chi connectivity index (χ1n) is 7.06. The molecule has 0 radical (unpaired) electrons. The van der Waals surface area contributed by atoms with Crippen molar-refractivity contribution in [1.82, 2.24) is 0 Å². The molecule has 128 valence electrons. The van der Waals surface area contributed by atoms with E-state index in [9.17, 15) is 18.0 Å². The Morgan fingerprint density at radius 3 is 2.48 bits per heavy atom. The Hall–Kier alpha value is -2.85. The van der Waals surface area contributed by atoms with Crippen LogP contribution in [-0.4, -0.2) is 30.9 Å². The van der Waals surface area contributed by atoms with E-state index < -0.39 is 35.3 Å². The lowest BCUT2D eigenvalue weighted by Gasteiger charge is -2.14. The molecule has 0 spiro atoms. The van der Waals surface area contributed by atoms with E-state index in [1.165, 1.54) is 0 Å². The van der Waals surface area contributed by atoms with Crippen LogP contribution in [0.4, 0.5) is 18.2 Å². The highest BCUT2D eigenvalue weighted by Crippen LogP contribution is 2.35. The Labute approximate surface area is 144 Å². The Morgan fingerprint density at radius 1 is 1.28 bits per heavy atom. The van der Waals surface area contributed by atoms with Crippen molar-refractivity contribution in [2.45, 2.75) is 6.18 Å². The summed E-state index contributed by atoms with van der Waals surface area (Å²) in [7, 11) is 0. The number of hydrogen-bond acceptors (Lipinski definition) is 7. The Morgan fingerprint density at radius 2 is 1.92 bits per heavy atom. The quantitative estimate of drug-likeness (QED) is 0.593. The number of carbonyl (C=O) groups is 1. The summed E-state index contributed by atoms with van der Waals surface area (Å²) in [5.41, 5.74) is -2.00. The molecule has 0 N–H and O–H groups in total. The van der Waals surface area contributed by atoms with Gasteiger partial charge in [-0.1, -0.05) is 5.16 Å². The molecule has 1 aromatic heterocycles. The van der Waals surface area contributed by atoms with Crippen molar-refractivity contribution in [1.29, 1.82) is 10.5 Å². The van der Waals surface area contributed by atoms with Crippen LogP contribution in [0.25, 0.3) is 6.08 Å². The second-order valence-corrected chi connectivity index (χ2v) is 6.52. The number of nitrogens with zero attached hydrogens (tertiary/aromatic N) is 4. The summed E-state index contributed by atoms with van der Waals surface area (Å²) >= 11 is 1.16. The minimum atomic E-state index is -4.78. The summed E-state index contributed by atoms with van der Waals surface area (Å²) in [5.74, 6) is -1.98. The number of anilines is 1. The first-order chi connectivity index (χ1) is 11.8. The number of carbonyl (C=O) groups excluding carboxylic acids is 1. The summed E-state index contributed by atoms with van der Waals surface area (Å²) < 4.78 is 38.5. The number of thiophene rings is 1. The van der Waals surface area contributed by atoms with E-state index in [0.29, 0.717) is 23.0 Å². The Balaban J connectivity index is 1.83. The van der Waals surface area contributed by atoms with Crippen molar-refractivity contribution in [3.05, 3.63) is 22.6 Å². The van der Waals surface area contributed by atoms with Gasteiger partial charge in [-0.25, -0.2) is 4.79 Å². The monoisotopic (exact) mass is 366 g/mol. The maximum atomic E-state index is 12.8. The zero-order chi connectivity index (χ0) is 18.2. The van der Waals surface area contributed by atoms with Gasteiger partial charge < -0.3 is 9.74 Å². The number of alkyl halides is 3. The topological polar surface area (TPSA) is 89.5 Å². The van der Waals surface area contributed by atoms with Gasteiger partial charge in [-0.3, -0.25) is 0 Å². The first kappa shape index (κ1) is 17.0. The van der Waals surface area contributed by atoms with Gasteiger partial charge in [0.05, 0.1) is 34.5 Å². The summed E-state index contributed by atoms with van der Waals surface area (Å²) in [6.07, 6.45) is -3.71. The van der Waals surface area contributed by atoms with Crippen molar-refractivity contribution >= 4 is 34.1 Å². The van der Waals surface area contributed by atoms with Crippen molar-refractivity contribution in [2.24, 2.45) is 17.0 Å². The average molecular weight is 366 g/mol. The van der Waals surface area contributed by atoms with Gasteiger partial charge in [0.1, 0.15) is 0 Å². The number of halogens is 3. The molecule has 0 saturated carbocycles.